The molecule has 1 aliphatic carbocycles. The summed E-state index contributed by atoms with van der Waals surface area (Å²) in [5.41, 5.74) is 6.09. The lowest BCUT2D eigenvalue weighted by Gasteiger charge is -2.31. The van der Waals surface area contributed by atoms with Gasteiger partial charge in [-0.1, -0.05) is 31.4 Å². The zero-order valence-electron chi connectivity index (χ0n) is 11.8. The Bertz CT molecular complexity index is 441. The molecule has 0 radical (unpaired) electrons. The number of carbonyl (C=O) groups excluding carboxylic acids is 1. The van der Waals surface area contributed by atoms with Crippen molar-refractivity contribution in [3.63, 3.8) is 0 Å². The smallest absolute Gasteiger partial charge is 0.121 e. The number of rotatable bonds is 6. The first-order valence-electron chi connectivity index (χ1n) is 7.27. The maximum Gasteiger partial charge on any atom is 0.121 e. The minimum Gasteiger partial charge on any atom is -0.491 e. The summed E-state index contributed by atoms with van der Waals surface area (Å²) in [5.74, 6) is 0.697. The van der Waals surface area contributed by atoms with Crippen LogP contribution in [0.25, 0.3) is 0 Å². The summed E-state index contributed by atoms with van der Waals surface area (Å²) in [4.78, 5) is 10.5. The van der Waals surface area contributed by atoms with Crippen LogP contribution in [0.15, 0.2) is 24.3 Å². The molecule has 1 atom stereocenters. The lowest BCUT2D eigenvalue weighted by molar-refractivity contribution is -0.108. The first kappa shape index (κ1) is 15.0. The Morgan fingerprint density at radius 3 is 2.80 bits per heavy atom. The average molecular weight is 277 g/mol. The number of benzene rings is 1. The highest BCUT2D eigenvalue weighted by Gasteiger charge is 2.29. The van der Waals surface area contributed by atoms with Gasteiger partial charge in [-0.2, -0.15) is 0 Å². The monoisotopic (exact) mass is 277 g/mol. The number of aldehydes is 1. The van der Waals surface area contributed by atoms with Crippen LogP contribution in [0.4, 0.5) is 0 Å². The van der Waals surface area contributed by atoms with E-state index in [-0.39, 0.29) is 6.04 Å². The largest absolute Gasteiger partial charge is 0.491 e. The Hall–Kier alpha value is -1.39. The molecular weight excluding hydrogens is 254 g/mol. The van der Waals surface area contributed by atoms with Gasteiger partial charge in [-0.15, -0.1) is 0 Å². The lowest BCUT2D eigenvalue weighted by Crippen LogP contribution is -2.37. The molecular formula is C16H23NO3. The van der Waals surface area contributed by atoms with E-state index < -0.39 is 5.60 Å². The molecule has 0 heterocycles. The van der Waals surface area contributed by atoms with Gasteiger partial charge in [0.2, 0.25) is 0 Å². The normalized spacial score (nSPS) is 19.3. The molecule has 110 valence electrons. The third-order valence-electron chi connectivity index (χ3n) is 3.93. The molecule has 3 N–H and O–H groups in total. The van der Waals surface area contributed by atoms with Gasteiger partial charge < -0.3 is 20.4 Å². The van der Waals surface area contributed by atoms with E-state index in [0.717, 1.165) is 37.5 Å². The summed E-state index contributed by atoms with van der Waals surface area (Å²) >= 11 is 0. The molecule has 0 amide bonds. The van der Waals surface area contributed by atoms with Crippen molar-refractivity contribution in [3.8, 4) is 5.75 Å². The quantitative estimate of drug-likeness (QED) is 0.783. The number of ether oxygens (including phenoxy) is 1. The zero-order chi connectivity index (χ0) is 14.4. The van der Waals surface area contributed by atoms with Crippen LogP contribution in [-0.2, 0) is 4.79 Å². The van der Waals surface area contributed by atoms with Crippen LogP contribution < -0.4 is 10.5 Å². The second-order valence-corrected chi connectivity index (χ2v) is 5.66. The minimum absolute atomic E-state index is 0.297. The highest BCUT2D eigenvalue weighted by molar-refractivity contribution is 5.51. The summed E-state index contributed by atoms with van der Waals surface area (Å²) in [6.45, 7) is 0.319. The number of carbonyl (C=O) groups is 1. The van der Waals surface area contributed by atoms with E-state index in [4.69, 9.17) is 10.5 Å². The fourth-order valence-corrected chi connectivity index (χ4v) is 2.65. The molecule has 0 spiro atoms. The molecule has 1 aromatic carbocycles. The average Bonchev–Trinajstić information content (AvgIpc) is 2.47. The molecule has 0 aromatic heterocycles. The van der Waals surface area contributed by atoms with Crippen LogP contribution in [0, 0.1) is 0 Å². The molecule has 2 rings (SSSR count). The van der Waals surface area contributed by atoms with Crippen LogP contribution in [0.3, 0.4) is 0 Å². The van der Waals surface area contributed by atoms with Gasteiger partial charge in [0.25, 0.3) is 0 Å². The van der Waals surface area contributed by atoms with E-state index in [0.29, 0.717) is 18.8 Å². The molecule has 4 heteroatoms. The summed E-state index contributed by atoms with van der Waals surface area (Å²) in [6.07, 6.45) is 6.04. The van der Waals surface area contributed by atoms with Gasteiger partial charge in [-0.25, -0.2) is 0 Å². The van der Waals surface area contributed by atoms with Crippen molar-refractivity contribution in [2.45, 2.75) is 50.2 Å². The van der Waals surface area contributed by atoms with Gasteiger partial charge in [0, 0.05) is 12.5 Å². The standard InChI is InChI=1S/C16H23NO3/c17-15(7-10-18)13-5-4-6-14(11-13)20-12-16(19)8-2-1-3-9-16/h4-6,10-11,15,19H,1-3,7-9,12,17H2. The highest BCUT2D eigenvalue weighted by atomic mass is 16.5. The summed E-state index contributed by atoms with van der Waals surface area (Å²) in [7, 11) is 0. The SMILES string of the molecule is NC(CC=O)c1cccc(OCC2(O)CCCCC2)c1. The number of aliphatic hydroxyl groups is 1. The van der Waals surface area contributed by atoms with Gasteiger partial charge in [0.1, 0.15) is 18.6 Å². The summed E-state index contributed by atoms with van der Waals surface area (Å²) < 4.78 is 5.72. The molecule has 1 aromatic rings. The van der Waals surface area contributed by atoms with Crippen molar-refractivity contribution < 1.29 is 14.6 Å². The highest BCUT2D eigenvalue weighted by Crippen LogP contribution is 2.29. The molecule has 4 nitrogen and oxygen atoms in total. The van der Waals surface area contributed by atoms with Crippen molar-refractivity contribution in [2.75, 3.05) is 6.61 Å². The van der Waals surface area contributed by atoms with Crippen molar-refractivity contribution in [3.05, 3.63) is 29.8 Å². The van der Waals surface area contributed by atoms with Gasteiger partial charge in [0.15, 0.2) is 0 Å². The molecule has 0 saturated heterocycles. The number of nitrogens with two attached hydrogens (primary N) is 1. The van der Waals surface area contributed by atoms with Gasteiger partial charge in [0.05, 0.1) is 5.60 Å². The predicted octanol–water partition coefficient (Wildman–Crippen LogP) is 2.35. The topological polar surface area (TPSA) is 72.6 Å². The Morgan fingerprint density at radius 1 is 1.35 bits per heavy atom. The Morgan fingerprint density at radius 2 is 2.10 bits per heavy atom. The molecule has 1 fully saturated rings. The van der Waals surface area contributed by atoms with E-state index in [1.807, 2.05) is 24.3 Å². The molecule has 0 bridgehead atoms. The maximum atomic E-state index is 10.5. The van der Waals surface area contributed by atoms with E-state index in [1.165, 1.54) is 6.42 Å². The fourth-order valence-electron chi connectivity index (χ4n) is 2.65. The van der Waals surface area contributed by atoms with Crippen molar-refractivity contribution >= 4 is 6.29 Å². The Balaban J connectivity index is 1.95. The lowest BCUT2D eigenvalue weighted by atomic mass is 9.85. The number of hydrogen-bond acceptors (Lipinski definition) is 4. The minimum atomic E-state index is -0.695. The fraction of sp³-hybridized carbons (Fsp3) is 0.562. The number of hydrogen-bond donors (Lipinski definition) is 2. The molecule has 1 unspecified atom stereocenters. The van der Waals surface area contributed by atoms with Crippen molar-refractivity contribution in [2.24, 2.45) is 5.73 Å². The van der Waals surface area contributed by atoms with E-state index in [9.17, 15) is 9.90 Å². The molecule has 20 heavy (non-hydrogen) atoms. The maximum absolute atomic E-state index is 10.5. The van der Waals surface area contributed by atoms with Crippen LogP contribution in [-0.4, -0.2) is 23.6 Å². The first-order chi connectivity index (χ1) is 9.63. The zero-order valence-corrected chi connectivity index (χ0v) is 11.8. The summed E-state index contributed by atoms with van der Waals surface area (Å²) in [6, 6.07) is 7.15. The Labute approximate surface area is 119 Å². The Kier molecular flexibility index (Phi) is 5.15. The second kappa shape index (κ2) is 6.86. The van der Waals surface area contributed by atoms with Gasteiger partial charge >= 0.3 is 0 Å². The third-order valence-corrected chi connectivity index (χ3v) is 3.93. The van der Waals surface area contributed by atoms with Gasteiger partial charge in [-0.3, -0.25) is 0 Å². The van der Waals surface area contributed by atoms with Crippen LogP contribution in [0.2, 0.25) is 0 Å². The van der Waals surface area contributed by atoms with E-state index >= 15 is 0 Å². The molecule has 0 aliphatic heterocycles. The van der Waals surface area contributed by atoms with Crippen LogP contribution >= 0.6 is 0 Å². The first-order valence-corrected chi connectivity index (χ1v) is 7.27. The van der Waals surface area contributed by atoms with Crippen LogP contribution in [0.1, 0.15) is 50.1 Å². The predicted molar refractivity (Wildman–Crippen MR) is 77.6 cm³/mol. The van der Waals surface area contributed by atoms with Gasteiger partial charge in [-0.05, 0) is 30.5 Å². The van der Waals surface area contributed by atoms with E-state index in [1.54, 1.807) is 0 Å². The molecule has 1 aliphatic rings. The molecule has 1 saturated carbocycles. The van der Waals surface area contributed by atoms with E-state index in [2.05, 4.69) is 0 Å². The third kappa shape index (κ3) is 4.05. The van der Waals surface area contributed by atoms with Crippen LogP contribution in [0.5, 0.6) is 5.75 Å². The van der Waals surface area contributed by atoms with Crippen molar-refractivity contribution in [1.82, 2.24) is 0 Å². The second-order valence-electron chi connectivity index (χ2n) is 5.66. The summed E-state index contributed by atoms with van der Waals surface area (Å²) in [5, 5.41) is 10.4. The van der Waals surface area contributed by atoms with Crippen molar-refractivity contribution in [1.29, 1.82) is 0 Å².